The maximum atomic E-state index is 11.3. The molecule has 14 heavy (non-hydrogen) atoms. The summed E-state index contributed by atoms with van der Waals surface area (Å²) >= 11 is 0. The van der Waals surface area contributed by atoms with E-state index < -0.39 is 17.3 Å². The van der Waals surface area contributed by atoms with Crippen LogP contribution < -0.4 is 0 Å². The Bertz CT molecular complexity index is 385. The first kappa shape index (κ1) is 10.2. The van der Waals surface area contributed by atoms with E-state index in [2.05, 4.69) is 0 Å². The minimum Gasteiger partial charge on any atom is -0.504 e. The number of allylic oxidation sites excluding steroid dienone is 3. The lowest BCUT2D eigenvalue weighted by atomic mass is 9.90. The van der Waals surface area contributed by atoms with Gasteiger partial charge in [-0.2, -0.15) is 5.26 Å². The Morgan fingerprint density at radius 3 is 2.71 bits per heavy atom. The first-order valence-electron chi connectivity index (χ1n) is 4.14. The van der Waals surface area contributed by atoms with Gasteiger partial charge in [0.05, 0.1) is 6.07 Å². The molecule has 1 aliphatic rings. The smallest absolute Gasteiger partial charge is 0.223 e. The molecule has 0 aromatic rings. The summed E-state index contributed by atoms with van der Waals surface area (Å²) in [6, 6.07) is 1.91. The van der Waals surface area contributed by atoms with E-state index in [-0.39, 0.29) is 17.9 Å². The Balaban J connectivity index is 2.95. The number of nitriles is 1. The van der Waals surface area contributed by atoms with Crippen molar-refractivity contribution in [1.29, 1.82) is 5.26 Å². The highest BCUT2D eigenvalue weighted by Crippen LogP contribution is 2.21. The van der Waals surface area contributed by atoms with Crippen LogP contribution in [0.15, 0.2) is 23.5 Å². The Hall–Kier alpha value is -1.89. The maximum Gasteiger partial charge on any atom is 0.223 e. The van der Waals surface area contributed by atoms with Gasteiger partial charge in [-0.05, 0) is 12.0 Å². The van der Waals surface area contributed by atoms with Gasteiger partial charge in [-0.15, -0.1) is 0 Å². The number of Topliss-reactive ketones (excluding diaryl/α,β-unsaturated/α-hetero) is 1. The van der Waals surface area contributed by atoms with Gasteiger partial charge in [0.1, 0.15) is 0 Å². The molecule has 0 bridgehead atoms. The first-order valence-corrected chi connectivity index (χ1v) is 4.14. The van der Waals surface area contributed by atoms with Gasteiger partial charge in [-0.3, -0.25) is 9.59 Å². The van der Waals surface area contributed by atoms with Crippen LogP contribution >= 0.6 is 0 Å². The molecule has 0 spiro atoms. The van der Waals surface area contributed by atoms with Crippen molar-refractivity contribution in [1.82, 2.24) is 0 Å². The number of carbonyl (C=O) groups is 2. The van der Waals surface area contributed by atoms with Crippen LogP contribution in [-0.2, 0) is 9.59 Å². The molecule has 0 amide bonds. The second-order valence-electron chi connectivity index (χ2n) is 3.12. The van der Waals surface area contributed by atoms with E-state index >= 15 is 0 Å². The number of aliphatic hydroxyl groups is 1. The molecule has 1 N–H and O–H groups in total. The van der Waals surface area contributed by atoms with Crippen LogP contribution in [0.4, 0.5) is 0 Å². The van der Waals surface area contributed by atoms with E-state index in [1.54, 1.807) is 6.92 Å². The molecule has 0 unspecified atom stereocenters. The van der Waals surface area contributed by atoms with Crippen LogP contribution in [0.1, 0.15) is 13.3 Å². The van der Waals surface area contributed by atoms with E-state index in [1.807, 2.05) is 6.07 Å². The normalized spacial score (nSPS) is 18.3. The van der Waals surface area contributed by atoms with Crippen LogP contribution in [0.25, 0.3) is 0 Å². The predicted octanol–water partition coefficient (Wildman–Crippen LogP) is 1.06. The highest BCUT2D eigenvalue weighted by molar-refractivity contribution is 6.19. The van der Waals surface area contributed by atoms with Gasteiger partial charge in [0, 0.05) is 18.1 Å². The molecule has 1 rings (SSSR count). The van der Waals surface area contributed by atoms with Crippen molar-refractivity contribution in [2.45, 2.75) is 13.3 Å². The van der Waals surface area contributed by atoms with Crippen LogP contribution in [0.3, 0.4) is 0 Å². The average molecular weight is 191 g/mol. The maximum absolute atomic E-state index is 11.3. The molecule has 0 aliphatic heterocycles. The third-order valence-electron chi connectivity index (χ3n) is 2.00. The van der Waals surface area contributed by atoms with Gasteiger partial charge in [0.25, 0.3) is 0 Å². The standard InChI is InChI=1S/C10H9NO3/c1-6(2-3-11)8-4-7(12)5-9(13)10(8)14/h4-6,13H,2H2,1H3/t6-/m1/s1. The van der Waals surface area contributed by atoms with E-state index in [0.29, 0.717) is 0 Å². The molecule has 0 saturated heterocycles. The van der Waals surface area contributed by atoms with Crippen molar-refractivity contribution < 1.29 is 14.7 Å². The summed E-state index contributed by atoms with van der Waals surface area (Å²) < 4.78 is 0. The Morgan fingerprint density at radius 1 is 1.50 bits per heavy atom. The summed E-state index contributed by atoms with van der Waals surface area (Å²) in [7, 11) is 0. The Kier molecular flexibility index (Phi) is 2.82. The number of hydrogen-bond acceptors (Lipinski definition) is 4. The van der Waals surface area contributed by atoms with Gasteiger partial charge < -0.3 is 5.11 Å². The fraction of sp³-hybridized carbons (Fsp3) is 0.300. The van der Waals surface area contributed by atoms with Crippen molar-refractivity contribution in [3.8, 4) is 6.07 Å². The molecule has 1 atom stereocenters. The van der Waals surface area contributed by atoms with Gasteiger partial charge in [0.15, 0.2) is 11.5 Å². The predicted molar refractivity (Wildman–Crippen MR) is 48.2 cm³/mol. The molecule has 0 fully saturated rings. The van der Waals surface area contributed by atoms with Gasteiger partial charge in [-0.1, -0.05) is 6.92 Å². The summed E-state index contributed by atoms with van der Waals surface area (Å²) in [6.45, 7) is 1.67. The molecule has 4 nitrogen and oxygen atoms in total. The molecule has 72 valence electrons. The molecule has 4 heteroatoms. The van der Waals surface area contributed by atoms with Gasteiger partial charge in [0.2, 0.25) is 5.78 Å². The number of carbonyl (C=O) groups excluding carboxylic acids is 2. The summed E-state index contributed by atoms with van der Waals surface area (Å²) in [6.07, 6.45) is 2.20. The van der Waals surface area contributed by atoms with Crippen LogP contribution in [0, 0.1) is 17.2 Å². The summed E-state index contributed by atoms with van der Waals surface area (Å²) in [5, 5.41) is 17.5. The molecule has 0 heterocycles. The average Bonchev–Trinajstić information content (AvgIpc) is 2.11. The number of hydrogen-bond donors (Lipinski definition) is 1. The number of nitrogens with zero attached hydrogens (tertiary/aromatic N) is 1. The quantitative estimate of drug-likeness (QED) is 0.662. The van der Waals surface area contributed by atoms with E-state index in [9.17, 15) is 9.59 Å². The second-order valence-corrected chi connectivity index (χ2v) is 3.12. The van der Waals surface area contributed by atoms with E-state index in [0.717, 1.165) is 6.08 Å². The fourth-order valence-electron chi connectivity index (χ4n) is 1.22. The van der Waals surface area contributed by atoms with Crippen molar-refractivity contribution in [3.63, 3.8) is 0 Å². The fourth-order valence-corrected chi connectivity index (χ4v) is 1.22. The highest BCUT2D eigenvalue weighted by atomic mass is 16.3. The third kappa shape index (κ3) is 1.88. The molecule has 0 saturated carbocycles. The molecule has 1 aliphatic carbocycles. The zero-order valence-corrected chi connectivity index (χ0v) is 7.65. The van der Waals surface area contributed by atoms with Crippen LogP contribution in [-0.4, -0.2) is 16.7 Å². The zero-order chi connectivity index (χ0) is 10.7. The van der Waals surface area contributed by atoms with Crippen molar-refractivity contribution in [2.24, 2.45) is 5.92 Å². The topological polar surface area (TPSA) is 78.2 Å². The molecule has 0 aromatic heterocycles. The largest absolute Gasteiger partial charge is 0.504 e. The summed E-state index contributed by atoms with van der Waals surface area (Å²) in [5.41, 5.74) is 0.205. The zero-order valence-electron chi connectivity index (χ0n) is 7.65. The summed E-state index contributed by atoms with van der Waals surface area (Å²) in [4.78, 5) is 22.3. The van der Waals surface area contributed by atoms with Crippen molar-refractivity contribution >= 4 is 11.6 Å². The monoisotopic (exact) mass is 191 g/mol. The van der Waals surface area contributed by atoms with Crippen molar-refractivity contribution in [3.05, 3.63) is 23.5 Å². The summed E-state index contributed by atoms with van der Waals surface area (Å²) in [5.74, 6) is -1.85. The minimum atomic E-state index is -0.563. The van der Waals surface area contributed by atoms with Gasteiger partial charge >= 0.3 is 0 Å². The number of aliphatic hydroxyl groups excluding tert-OH is 1. The van der Waals surface area contributed by atoms with Crippen LogP contribution in [0.5, 0.6) is 0 Å². The Morgan fingerprint density at radius 2 is 2.14 bits per heavy atom. The lowest BCUT2D eigenvalue weighted by Gasteiger charge is -2.13. The molecular formula is C10H9NO3. The highest BCUT2D eigenvalue weighted by Gasteiger charge is 2.24. The van der Waals surface area contributed by atoms with E-state index in [1.165, 1.54) is 6.08 Å². The van der Waals surface area contributed by atoms with E-state index in [4.69, 9.17) is 10.4 Å². The van der Waals surface area contributed by atoms with Crippen LogP contribution in [0.2, 0.25) is 0 Å². The SMILES string of the molecule is C[C@H](CC#N)C1=CC(=O)C=C(O)C1=O. The minimum absolute atomic E-state index is 0.151. The Labute approximate surface area is 81.1 Å². The lowest BCUT2D eigenvalue weighted by molar-refractivity contribution is -0.117. The lowest BCUT2D eigenvalue weighted by Crippen LogP contribution is -2.18. The van der Waals surface area contributed by atoms with Gasteiger partial charge in [-0.25, -0.2) is 0 Å². The molecule has 0 radical (unpaired) electrons. The molecule has 0 aromatic carbocycles. The molecular weight excluding hydrogens is 182 g/mol. The van der Waals surface area contributed by atoms with Crippen molar-refractivity contribution in [2.75, 3.05) is 0 Å². The second kappa shape index (κ2) is 3.88. The third-order valence-corrected chi connectivity index (χ3v) is 2.00. The number of ketones is 2. The number of rotatable bonds is 2. The first-order chi connectivity index (χ1) is 6.56.